The molecule has 1 aliphatic heterocycles. The lowest BCUT2D eigenvalue weighted by atomic mass is 9.92. The van der Waals surface area contributed by atoms with Gasteiger partial charge in [-0.3, -0.25) is 5.32 Å². The molecule has 0 fully saturated rings. The van der Waals surface area contributed by atoms with Crippen LogP contribution in [0.4, 0.5) is 10.5 Å². The highest BCUT2D eigenvalue weighted by molar-refractivity contribution is 5.88. The van der Waals surface area contributed by atoms with Gasteiger partial charge in [-0.1, -0.05) is 0 Å². The van der Waals surface area contributed by atoms with Crippen LogP contribution in [0, 0.1) is 20.8 Å². The van der Waals surface area contributed by atoms with E-state index in [1.807, 2.05) is 20.8 Å². The van der Waals surface area contributed by atoms with Crippen LogP contribution < -0.4 is 10.1 Å². The van der Waals surface area contributed by atoms with Gasteiger partial charge in [-0.25, -0.2) is 4.79 Å². The fraction of sp³-hybridized carbons (Fsp3) is 0.562. The molecular formula is C16H23NO3. The lowest BCUT2D eigenvalue weighted by Crippen LogP contribution is -2.24. The monoisotopic (exact) mass is 277 g/mol. The minimum atomic E-state index is -0.406. The number of nitrogens with one attached hydrogen (secondary N) is 1. The van der Waals surface area contributed by atoms with E-state index in [9.17, 15) is 4.79 Å². The second-order valence-electron chi connectivity index (χ2n) is 5.94. The predicted molar refractivity (Wildman–Crippen MR) is 79.7 cm³/mol. The van der Waals surface area contributed by atoms with E-state index in [1.54, 1.807) is 6.92 Å². The average molecular weight is 277 g/mol. The maximum atomic E-state index is 11.7. The summed E-state index contributed by atoms with van der Waals surface area (Å²) in [5.74, 6) is 0.972. The molecule has 0 saturated carbocycles. The van der Waals surface area contributed by atoms with Crippen LogP contribution in [-0.4, -0.2) is 18.3 Å². The molecule has 4 nitrogen and oxygen atoms in total. The van der Waals surface area contributed by atoms with Crippen LogP contribution in [0.1, 0.15) is 43.0 Å². The topological polar surface area (TPSA) is 47.6 Å². The Balaban J connectivity index is 2.46. The number of rotatable bonds is 2. The molecule has 0 atom stereocenters. The first kappa shape index (κ1) is 14.7. The van der Waals surface area contributed by atoms with Crippen LogP contribution >= 0.6 is 0 Å². The maximum Gasteiger partial charge on any atom is 0.411 e. The van der Waals surface area contributed by atoms with Gasteiger partial charge < -0.3 is 9.47 Å². The van der Waals surface area contributed by atoms with Crippen molar-refractivity contribution in [2.75, 3.05) is 11.9 Å². The van der Waals surface area contributed by atoms with E-state index >= 15 is 0 Å². The SMILES string of the molecule is CCOC(=O)Nc1c(C)c(C)c2c(c1C)CC(C)(C)O2. The third kappa shape index (κ3) is 2.47. The molecule has 0 saturated heterocycles. The Hall–Kier alpha value is -1.71. The summed E-state index contributed by atoms with van der Waals surface area (Å²) < 4.78 is 11.0. The zero-order valence-corrected chi connectivity index (χ0v) is 13.1. The van der Waals surface area contributed by atoms with E-state index in [0.29, 0.717) is 6.61 Å². The quantitative estimate of drug-likeness (QED) is 0.892. The lowest BCUT2D eigenvalue weighted by molar-refractivity contribution is 0.137. The first-order valence-corrected chi connectivity index (χ1v) is 7.02. The number of carbonyl (C=O) groups is 1. The van der Waals surface area contributed by atoms with Crippen LogP contribution in [0.5, 0.6) is 5.75 Å². The summed E-state index contributed by atoms with van der Waals surface area (Å²) in [5.41, 5.74) is 5.04. The number of hydrogen-bond acceptors (Lipinski definition) is 3. The van der Waals surface area contributed by atoms with Gasteiger partial charge >= 0.3 is 6.09 Å². The number of fused-ring (bicyclic) bond motifs is 1. The highest BCUT2D eigenvalue weighted by Crippen LogP contribution is 2.44. The highest BCUT2D eigenvalue weighted by Gasteiger charge is 2.34. The Morgan fingerprint density at radius 3 is 2.50 bits per heavy atom. The van der Waals surface area contributed by atoms with E-state index in [-0.39, 0.29) is 5.60 Å². The number of amides is 1. The molecule has 0 aliphatic carbocycles. The van der Waals surface area contributed by atoms with Crippen molar-refractivity contribution in [3.8, 4) is 5.75 Å². The molecule has 0 spiro atoms. The summed E-state index contributed by atoms with van der Waals surface area (Å²) in [4.78, 5) is 11.7. The average Bonchev–Trinajstić information content (AvgIpc) is 2.69. The molecule has 0 bridgehead atoms. The molecule has 1 N–H and O–H groups in total. The second kappa shape index (κ2) is 5.00. The van der Waals surface area contributed by atoms with E-state index < -0.39 is 6.09 Å². The van der Waals surface area contributed by atoms with E-state index in [4.69, 9.17) is 9.47 Å². The third-order valence-corrected chi connectivity index (χ3v) is 3.86. The van der Waals surface area contributed by atoms with Crippen molar-refractivity contribution >= 4 is 11.8 Å². The van der Waals surface area contributed by atoms with Gasteiger partial charge in [0, 0.05) is 12.0 Å². The number of anilines is 1. The molecular weight excluding hydrogens is 254 g/mol. The Morgan fingerprint density at radius 1 is 1.25 bits per heavy atom. The molecule has 0 radical (unpaired) electrons. The molecule has 4 heteroatoms. The van der Waals surface area contributed by atoms with Gasteiger partial charge in [0.25, 0.3) is 0 Å². The van der Waals surface area contributed by atoms with E-state index in [0.717, 1.165) is 34.5 Å². The van der Waals surface area contributed by atoms with E-state index in [1.165, 1.54) is 5.56 Å². The Bertz CT molecular complexity index is 562. The van der Waals surface area contributed by atoms with Crippen molar-refractivity contribution < 1.29 is 14.3 Å². The number of carbonyl (C=O) groups excluding carboxylic acids is 1. The van der Waals surface area contributed by atoms with Crippen LogP contribution in [0.3, 0.4) is 0 Å². The van der Waals surface area contributed by atoms with Crippen LogP contribution in [0.15, 0.2) is 0 Å². The summed E-state index contributed by atoms with van der Waals surface area (Å²) in [5, 5.41) is 2.86. The smallest absolute Gasteiger partial charge is 0.411 e. The zero-order chi connectivity index (χ0) is 15.1. The third-order valence-electron chi connectivity index (χ3n) is 3.86. The first-order chi connectivity index (χ1) is 9.26. The van der Waals surface area contributed by atoms with Crippen LogP contribution in [0.2, 0.25) is 0 Å². The summed E-state index contributed by atoms with van der Waals surface area (Å²) in [7, 11) is 0. The Labute approximate surface area is 120 Å². The zero-order valence-electron chi connectivity index (χ0n) is 13.1. The molecule has 1 heterocycles. The summed E-state index contributed by atoms with van der Waals surface area (Å²) in [6.45, 7) is 12.4. The summed E-state index contributed by atoms with van der Waals surface area (Å²) >= 11 is 0. The lowest BCUT2D eigenvalue weighted by Gasteiger charge is -2.19. The van der Waals surface area contributed by atoms with Crippen molar-refractivity contribution in [3.63, 3.8) is 0 Å². The molecule has 110 valence electrons. The molecule has 0 unspecified atom stereocenters. The van der Waals surface area contributed by atoms with Gasteiger partial charge in [0.15, 0.2) is 0 Å². The normalized spacial score (nSPS) is 15.5. The van der Waals surface area contributed by atoms with Gasteiger partial charge in [0.1, 0.15) is 11.4 Å². The largest absolute Gasteiger partial charge is 0.487 e. The van der Waals surface area contributed by atoms with Gasteiger partial charge in [0.05, 0.1) is 12.3 Å². The molecule has 0 aromatic heterocycles. The standard InChI is InChI=1S/C16H23NO3/c1-7-19-15(18)17-13-9(2)10(3)14-12(11(13)4)8-16(5,6)20-14/h7-8H2,1-6H3,(H,17,18). The van der Waals surface area contributed by atoms with Crippen molar-refractivity contribution in [1.29, 1.82) is 0 Å². The number of benzene rings is 1. The summed E-state index contributed by atoms with van der Waals surface area (Å²) in [6, 6.07) is 0. The summed E-state index contributed by atoms with van der Waals surface area (Å²) in [6.07, 6.45) is 0.448. The van der Waals surface area contributed by atoms with Gasteiger partial charge in [0.2, 0.25) is 0 Å². The molecule has 20 heavy (non-hydrogen) atoms. The molecule has 1 amide bonds. The molecule has 1 aliphatic rings. The fourth-order valence-corrected chi connectivity index (χ4v) is 2.73. The fourth-order valence-electron chi connectivity index (χ4n) is 2.73. The Morgan fingerprint density at radius 2 is 1.90 bits per heavy atom. The van der Waals surface area contributed by atoms with Crippen molar-refractivity contribution in [1.82, 2.24) is 0 Å². The molecule has 2 rings (SSSR count). The molecule has 1 aromatic rings. The first-order valence-electron chi connectivity index (χ1n) is 7.02. The maximum absolute atomic E-state index is 11.7. The van der Waals surface area contributed by atoms with Gasteiger partial charge in [-0.2, -0.15) is 0 Å². The van der Waals surface area contributed by atoms with Gasteiger partial charge in [-0.05, 0) is 58.2 Å². The van der Waals surface area contributed by atoms with Crippen molar-refractivity contribution in [3.05, 3.63) is 22.3 Å². The second-order valence-corrected chi connectivity index (χ2v) is 5.94. The van der Waals surface area contributed by atoms with Crippen LogP contribution in [0.25, 0.3) is 0 Å². The number of ether oxygens (including phenoxy) is 2. The highest BCUT2D eigenvalue weighted by atomic mass is 16.5. The predicted octanol–water partition coefficient (Wildman–Crippen LogP) is 3.89. The van der Waals surface area contributed by atoms with Crippen molar-refractivity contribution in [2.24, 2.45) is 0 Å². The molecule has 1 aromatic carbocycles. The van der Waals surface area contributed by atoms with Crippen molar-refractivity contribution in [2.45, 2.75) is 53.6 Å². The Kier molecular flexibility index (Phi) is 3.67. The van der Waals surface area contributed by atoms with Gasteiger partial charge in [-0.15, -0.1) is 0 Å². The minimum Gasteiger partial charge on any atom is -0.487 e. The van der Waals surface area contributed by atoms with Crippen LogP contribution in [-0.2, 0) is 11.2 Å². The minimum absolute atomic E-state index is 0.188. The number of hydrogen-bond donors (Lipinski definition) is 1. The van der Waals surface area contributed by atoms with E-state index in [2.05, 4.69) is 19.2 Å².